The van der Waals surface area contributed by atoms with Gasteiger partial charge in [-0.25, -0.2) is 0 Å². The Balaban J connectivity index is 1.45. The van der Waals surface area contributed by atoms with Crippen LogP contribution in [0, 0.1) is 0 Å². The average molecular weight is 343 g/mol. The lowest BCUT2D eigenvalue weighted by atomic mass is 10.2. The summed E-state index contributed by atoms with van der Waals surface area (Å²) in [7, 11) is 1.62. The summed E-state index contributed by atoms with van der Waals surface area (Å²) in [5.41, 5.74) is 1.95. The van der Waals surface area contributed by atoms with E-state index in [9.17, 15) is 4.79 Å². The van der Waals surface area contributed by atoms with Crippen molar-refractivity contribution >= 4 is 17.2 Å². The fraction of sp³-hybridized carbons (Fsp3) is 0.235. The van der Waals surface area contributed by atoms with E-state index in [0.717, 1.165) is 16.9 Å². The van der Waals surface area contributed by atoms with E-state index in [1.165, 1.54) is 0 Å². The maximum atomic E-state index is 11.9. The Bertz CT molecular complexity index is 782. The minimum atomic E-state index is -0.0545. The second kappa shape index (κ2) is 7.74. The first-order valence-electron chi connectivity index (χ1n) is 7.49. The molecule has 2 heterocycles. The van der Waals surface area contributed by atoms with Gasteiger partial charge in [0.2, 0.25) is 17.6 Å². The van der Waals surface area contributed by atoms with Crippen LogP contribution in [0.4, 0.5) is 0 Å². The van der Waals surface area contributed by atoms with Gasteiger partial charge in [0.25, 0.3) is 0 Å². The second-order valence-electron chi connectivity index (χ2n) is 5.15. The van der Waals surface area contributed by atoms with E-state index in [4.69, 9.17) is 9.26 Å². The first kappa shape index (κ1) is 16.2. The van der Waals surface area contributed by atoms with Crippen LogP contribution in [-0.4, -0.2) is 23.2 Å². The third-order valence-electron chi connectivity index (χ3n) is 3.46. The SMILES string of the molecule is COc1ccc(CNC(=O)CCc2nc(-c3ccsc3)no2)cc1. The quantitative estimate of drug-likeness (QED) is 0.713. The minimum absolute atomic E-state index is 0.0545. The molecule has 0 aliphatic carbocycles. The fourth-order valence-corrected chi connectivity index (χ4v) is 2.75. The molecule has 1 aromatic carbocycles. The van der Waals surface area contributed by atoms with Gasteiger partial charge in [-0.1, -0.05) is 17.3 Å². The highest BCUT2D eigenvalue weighted by Gasteiger charge is 2.10. The lowest BCUT2D eigenvalue weighted by molar-refractivity contribution is -0.121. The van der Waals surface area contributed by atoms with Crippen LogP contribution >= 0.6 is 11.3 Å². The Morgan fingerprint density at radius 2 is 2.12 bits per heavy atom. The van der Waals surface area contributed by atoms with Gasteiger partial charge in [-0.05, 0) is 29.1 Å². The first-order chi connectivity index (χ1) is 11.7. The molecule has 1 amide bonds. The molecule has 3 aromatic rings. The first-order valence-corrected chi connectivity index (χ1v) is 8.43. The summed E-state index contributed by atoms with van der Waals surface area (Å²) in [6, 6.07) is 9.51. The number of methoxy groups -OCH3 is 1. The van der Waals surface area contributed by atoms with Crippen LogP contribution in [0.15, 0.2) is 45.6 Å². The van der Waals surface area contributed by atoms with Gasteiger partial charge in [0.1, 0.15) is 5.75 Å². The number of amides is 1. The van der Waals surface area contributed by atoms with Crippen molar-refractivity contribution in [1.82, 2.24) is 15.5 Å². The van der Waals surface area contributed by atoms with Gasteiger partial charge in [0.05, 0.1) is 7.11 Å². The highest BCUT2D eigenvalue weighted by molar-refractivity contribution is 7.08. The van der Waals surface area contributed by atoms with E-state index >= 15 is 0 Å². The smallest absolute Gasteiger partial charge is 0.227 e. The van der Waals surface area contributed by atoms with Crippen molar-refractivity contribution in [3.63, 3.8) is 0 Å². The normalized spacial score (nSPS) is 10.5. The van der Waals surface area contributed by atoms with Gasteiger partial charge in [0.15, 0.2) is 0 Å². The Labute approximate surface area is 143 Å². The van der Waals surface area contributed by atoms with E-state index in [1.54, 1.807) is 18.4 Å². The standard InChI is InChI=1S/C17H17N3O3S/c1-22-14-4-2-12(3-5-14)10-18-15(21)6-7-16-19-17(20-23-16)13-8-9-24-11-13/h2-5,8-9,11H,6-7,10H2,1H3,(H,18,21). The molecule has 0 aliphatic rings. The maximum absolute atomic E-state index is 11.9. The molecular formula is C17H17N3O3S. The van der Waals surface area contributed by atoms with Crippen molar-refractivity contribution in [2.45, 2.75) is 19.4 Å². The number of nitrogens with one attached hydrogen (secondary N) is 1. The topological polar surface area (TPSA) is 77.2 Å². The van der Waals surface area contributed by atoms with Crippen molar-refractivity contribution in [2.24, 2.45) is 0 Å². The summed E-state index contributed by atoms with van der Waals surface area (Å²) in [4.78, 5) is 16.2. The van der Waals surface area contributed by atoms with Crippen LogP contribution in [0.3, 0.4) is 0 Å². The summed E-state index contributed by atoms with van der Waals surface area (Å²) in [5, 5.41) is 10.7. The lowest BCUT2D eigenvalue weighted by Gasteiger charge is -2.05. The summed E-state index contributed by atoms with van der Waals surface area (Å²) in [6.07, 6.45) is 0.729. The van der Waals surface area contributed by atoms with Crippen LogP contribution in [0.25, 0.3) is 11.4 Å². The van der Waals surface area contributed by atoms with E-state index in [-0.39, 0.29) is 5.91 Å². The fourth-order valence-electron chi connectivity index (χ4n) is 2.12. The number of nitrogens with zero attached hydrogens (tertiary/aromatic N) is 2. The molecule has 0 spiro atoms. The molecule has 24 heavy (non-hydrogen) atoms. The zero-order valence-corrected chi connectivity index (χ0v) is 14.0. The number of carbonyl (C=O) groups is 1. The predicted octanol–water partition coefficient (Wildman–Crippen LogP) is 3.06. The van der Waals surface area contributed by atoms with Crippen molar-refractivity contribution < 1.29 is 14.1 Å². The minimum Gasteiger partial charge on any atom is -0.497 e. The van der Waals surface area contributed by atoms with Crippen molar-refractivity contribution in [2.75, 3.05) is 7.11 Å². The summed E-state index contributed by atoms with van der Waals surface area (Å²) < 4.78 is 10.3. The highest BCUT2D eigenvalue weighted by atomic mass is 32.1. The molecule has 0 saturated carbocycles. The van der Waals surface area contributed by atoms with Crippen molar-refractivity contribution in [3.8, 4) is 17.1 Å². The molecule has 0 unspecified atom stereocenters. The number of thiophene rings is 1. The zero-order valence-electron chi connectivity index (χ0n) is 13.2. The number of rotatable bonds is 7. The zero-order chi connectivity index (χ0) is 16.8. The van der Waals surface area contributed by atoms with Gasteiger partial charge < -0.3 is 14.6 Å². The summed E-state index contributed by atoms with van der Waals surface area (Å²) >= 11 is 1.58. The maximum Gasteiger partial charge on any atom is 0.227 e. The average Bonchev–Trinajstić information content (AvgIpc) is 3.29. The molecule has 0 radical (unpaired) electrons. The van der Waals surface area contributed by atoms with Crippen LogP contribution in [0.2, 0.25) is 0 Å². The van der Waals surface area contributed by atoms with Gasteiger partial charge in [-0.3, -0.25) is 4.79 Å². The van der Waals surface area contributed by atoms with Crippen LogP contribution < -0.4 is 10.1 Å². The number of benzene rings is 1. The van der Waals surface area contributed by atoms with E-state index in [0.29, 0.717) is 31.1 Å². The third-order valence-corrected chi connectivity index (χ3v) is 4.15. The number of hydrogen-bond acceptors (Lipinski definition) is 6. The Kier molecular flexibility index (Phi) is 5.22. The molecule has 2 aromatic heterocycles. The van der Waals surface area contributed by atoms with Crippen LogP contribution in [-0.2, 0) is 17.8 Å². The Morgan fingerprint density at radius 1 is 1.29 bits per heavy atom. The number of hydrogen-bond donors (Lipinski definition) is 1. The van der Waals surface area contributed by atoms with Gasteiger partial charge >= 0.3 is 0 Å². The Hall–Kier alpha value is -2.67. The van der Waals surface area contributed by atoms with Crippen molar-refractivity contribution in [1.29, 1.82) is 0 Å². The monoisotopic (exact) mass is 343 g/mol. The van der Waals surface area contributed by atoms with Crippen molar-refractivity contribution in [3.05, 3.63) is 52.5 Å². The predicted molar refractivity (Wildman–Crippen MR) is 90.8 cm³/mol. The largest absolute Gasteiger partial charge is 0.497 e. The molecular weight excluding hydrogens is 326 g/mol. The van der Waals surface area contributed by atoms with E-state index in [1.807, 2.05) is 41.1 Å². The molecule has 6 nitrogen and oxygen atoms in total. The van der Waals surface area contributed by atoms with Crippen LogP contribution in [0.1, 0.15) is 17.9 Å². The molecule has 1 N–H and O–H groups in total. The molecule has 0 aliphatic heterocycles. The Morgan fingerprint density at radius 3 is 2.83 bits per heavy atom. The second-order valence-corrected chi connectivity index (χ2v) is 5.93. The number of carbonyl (C=O) groups excluding carboxylic acids is 1. The summed E-state index contributed by atoms with van der Waals surface area (Å²) in [6.45, 7) is 0.479. The highest BCUT2D eigenvalue weighted by Crippen LogP contribution is 2.19. The number of aromatic nitrogens is 2. The molecule has 0 atom stereocenters. The summed E-state index contributed by atoms with van der Waals surface area (Å²) in [5.74, 6) is 1.77. The molecule has 0 bridgehead atoms. The molecule has 124 valence electrons. The van der Waals surface area contributed by atoms with Gasteiger partial charge in [-0.2, -0.15) is 16.3 Å². The molecule has 0 fully saturated rings. The van der Waals surface area contributed by atoms with Gasteiger partial charge in [0, 0.05) is 30.3 Å². The molecule has 0 saturated heterocycles. The van der Waals surface area contributed by atoms with E-state index in [2.05, 4.69) is 15.5 Å². The third kappa shape index (κ3) is 4.20. The van der Waals surface area contributed by atoms with E-state index < -0.39 is 0 Å². The number of aryl methyl sites for hydroxylation is 1. The molecule has 7 heteroatoms. The van der Waals surface area contributed by atoms with Gasteiger partial charge in [-0.15, -0.1) is 0 Å². The van der Waals surface area contributed by atoms with Crippen LogP contribution in [0.5, 0.6) is 5.75 Å². The lowest BCUT2D eigenvalue weighted by Crippen LogP contribution is -2.23. The molecule has 3 rings (SSSR count). The number of ether oxygens (including phenoxy) is 1.